The van der Waals surface area contributed by atoms with Gasteiger partial charge in [0.05, 0.1) is 35.4 Å². The Kier molecular flexibility index (Phi) is 5.62. The maximum absolute atomic E-state index is 6.51. The van der Waals surface area contributed by atoms with E-state index in [0.29, 0.717) is 18.1 Å². The van der Waals surface area contributed by atoms with E-state index in [0.717, 1.165) is 39.6 Å². The van der Waals surface area contributed by atoms with Gasteiger partial charge in [0.2, 0.25) is 0 Å². The van der Waals surface area contributed by atoms with E-state index in [9.17, 15) is 0 Å². The molecular formula is C25H22ClN5O. The number of pyridine rings is 1. The van der Waals surface area contributed by atoms with Crippen molar-refractivity contribution in [1.29, 1.82) is 0 Å². The van der Waals surface area contributed by atoms with E-state index < -0.39 is 0 Å². The summed E-state index contributed by atoms with van der Waals surface area (Å²) in [6.07, 6.45) is 5.97. The van der Waals surface area contributed by atoms with Crippen LogP contribution in [0.25, 0.3) is 22.6 Å². The first-order valence-corrected chi connectivity index (χ1v) is 10.7. The molecule has 0 saturated carbocycles. The third-order valence-corrected chi connectivity index (χ3v) is 5.70. The molecule has 0 aliphatic heterocycles. The normalized spacial score (nSPS) is 11.2. The van der Waals surface area contributed by atoms with Crippen LogP contribution >= 0.6 is 11.6 Å². The van der Waals surface area contributed by atoms with E-state index >= 15 is 0 Å². The molecule has 0 aliphatic rings. The Morgan fingerprint density at radius 3 is 2.59 bits per heavy atom. The smallest absolute Gasteiger partial charge is 0.136 e. The molecule has 0 radical (unpaired) electrons. The highest BCUT2D eigenvalue weighted by Crippen LogP contribution is 2.30. The average Bonchev–Trinajstić information content (AvgIpc) is 3.44. The quantitative estimate of drug-likeness (QED) is 0.378. The highest BCUT2D eigenvalue weighted by Gasteiger charge is 2.15. The third kappa shape index (κ3) is 3.98. The number of nitrogens with one attached hydrogen (secondary N) is 1. The Morgan fingerprint density at radius 2 is 1.78 bits per heavy atom. The lowest BCUT2D eigenvalue weighted by Gasteiger charge is -2.06. The van der Waals surface area contributed by atoms with E-state index in [1.165, 1.54) is 0 Å². The molecule has 0 aliphatic carbocycles. The zero-order chi connectivity index (χ0) is 21.9. The van der Waals surface area contributed by atoms with Crippen LogP contribution in [0.4, 0.5) is 0 Å². The van der Waals surface area contributed by atoms with Crippen LogP contribution in [0, 0.1) is 0 Å². The molecule has 0 spiro atoms. The Morgan fingerprint density at radius 1 is 0.969 bits per heavy atom. The number of ether oxygens (including phenoxy) is 1. The van der Waals surface area contributed by atoms with Gasteiger partial charge in [-0.1, -0.05) is 35.9 Å². The minimum absolute atomic E-state index is 0.636. The number of methoxy groups -OCH3 is 1. The highest BCUT2D eigenvalue weighted by atomic mass is 35.5. The van der Waals surface area contributed by atoms with Crippen molar-refractivity contribution in [2.45, 2.75) is 13.1 Å². The summed E-state index contributed by atoms with van der Waals surface area (Å²) in [5.74, 6) is 0.808. The molecule has 6 nitrogen and oxygen atoms in total. The first-order chi connectivity index (χ1) is 15.7. The first kappa shape index (κ1) is 20.3. The topological polar surface area (TPSA) is 56.4 Å². The fourth-order valence-electron chi connectivity index (χ4n) is 3.73. The Labute approximate surface area is 191 Å². The van der Waals surface area contributed by atoms with Crippen molar-refractivity contribution in [3.8, 4) is 22.7 Å². The van der Waals surface area contributed by atoms with Gasteiger partial charge in [0.1, 0.15) is 11.4 Å². The second-order valence-electron chi connectivity index (χ2n) is 7.41. The van der Waals surface area contributed by atoms with Crippen LogP contribution in [0.15, 0.2) is 85.3 Å². The third-order valence-electron chi connectivity index (χ3n) is 5.37. The van der Waals surface area contributed by atoms with E-state index in [1.807, 2.05) is 90.0 Å². The van der Waals surface area contributed by atoms with Crippen LogP contribution in [0.3, 0.4) is 0 Å². The molecule has 2 aromatic carbocycles. The van der Waals surface area contributed by atoms with Gasteiger partial charge >= 0.3 is 0 Å². The van der Waals surface area contributed by atoms with Gasteiger partial charge in [-0.3, -0.25) is 0 Å². The van der Waals surface area contributed by atoms with E-state index in [2.05, 4.69) is 14.7 Å². The van der Waals surface area contributed by atoms with Crippen molar-refractivity contribution in [3.63, 3.8) is 0 Å². The van der Waals surface area contributed by atoms with Gasteiger partial charge in [0.15, 0.2) is 0 Å². The summed E-state index contributed by atoms with van der Waals surface area (Å²) in [7, 11) is 1.66. The van der Waals surface area contributed by atoms with Gasteiger partial charge in [-0.2, -0.15) is 5.10 Å². The maximum Gasteiger partial charge on any atom is 0.136 e. The summed E-state index contributed by atoms with van der Waals surface area (Å²) in [6.45, 7) is 1.32. The van der Waals surface area contributed by atoms with Gasteiger partial charge in [-0.15, -0.1) is 0 Å². The van der Waals surface area contributed by atoms with Gasteiger partial charge in [0, 0.05) is 36.6 Å². The van der Waals surface area contributed by atoms with Crippen molar-refractivity contribution >= 4 is 17.2 Å². The first-order valence-electron chi connectivity index (χ1n) is 10.3. The number of imidazole rings is 1. The monoisotopic (exact) mass is 443 g/mol. The molecule has 5 rings (SSSR count). The number of benzene rings is 2. The average molecular weight is 444 g/mol. The molecule has 0 amide bonds. The summed E-state index contributed by atoms with van der Waals surface area (Å²) >= 11 is 6.51. The van der Waals surface area contributed by atoms with Gasteiger partial charge in [-0.25, -0.2) is 9.67 Å². The predicted molar refractivity (Wildman–Crippen MR) is 126 cm³/mol. The Bertz CT molecular complexity index is 1360. The van der Waals surface area contributed by atoms with Crippen molar-refractivity contribution in [2.24, 2.45) is 0 Å². The van der Waals surface area contributed by atoms with Crippen LogP contribution in [-0.4, -0.2) is 26.3 Å². The minimum atomic E-state index is 0.636. The standard InChI is InChI=1S/C25H22ClN5O/c1-32-21-11-9-19(10-12-21)31-17-18(25(29-31)22-6-2-3-7-23(22)26)14-27-15-20-16-28-24-8-4-5-13-30(20)24/h2-13,16-17,27H,14-15H2,1H3. The fraction of sp³-hybridized carbons (Fsp3) is 0.120. The Hall–Kier alpha value is -3.61. The number of rotatable bonds is 7. The van der Waals surface area contributed by atoms with E-state index in [-0.39, 0.29) is 0 Å². The Balaban J connectivity index is 1.44. The molecule has 3 aromatic heterocycles. The van der Waals surface area contributed by atoms with Crippen molar-refractivity contribution in [1.82, 2.24) is 24.5 Å². The number of halogens is 1. The van der Waals surface area contributed by atoms with Crippen molar-refractivity contribution in [3.05, 3.63) is 102 Å². The van der Waals surface area contributed by atoms with Crippen LogP contribution in [-0.2, 0) is 13.1 Å². The number of nitrogens with zero attached hydrogens (tertiary/aromatic N) is 4. The van der Waals surface area contributed by atoms with Gasteiger partial charge in [-0.05, 0) is 42.5 Å². The summed E-state index contributed by atoms with van der Waals surface area (Å²) in [6, 6.07) is 21.6. The summed E-state index contributed by atoms with van der Waals surface area (Å²) in [5.41, 5.74) is 5.82. The van der Waals surface area contributed by atoms with Crippen LogP contribution in [0.2, 0.25) is 5.02 Å². The largest absolute Gasteiger partial charge is 0.497 e. The van der Waals surface area contributed by atoms with E-state index in [1.54, 1.807) is 7.11 Å². The summed E-state index contributed by atoms with van der Waals surface area (Å²) in [5, 5.41) is 9.07. The second-order valence-corrected chi connectivity index (χ2v) is 7.81. The lowest BCUT2D eigenvalue weighted by molar-refractivity contribution is 0.414. The number of hydrogen-bond donors (Lipinski definition) is 1. The van der Waals surface area contributed by atoms with Gasteiger partial charge < -0.3 is 14.5 Å². The highest BCUT2D eigenvalue weighted by molar-refractivity contribution is 6.33. The maximum atomic E-state index is 6.51. The zero-order valence-corrected chi connectivity index (χ0v) is 18.3. The molecule has 0 atom stereocenters. The summed E-state index contributed by atoms with van der Waals surface area (Å²) in [4.78, 5) is 4.46. The van der Waals surface area contributed by atoms with E-state index in [4.69, 9.17) is 21.4 Å². The molecule has 0 fully saturated rings. The number of fused-ring (bicyclic) bond motifs is 1. The molecule has 0 saturated heterocycles. The second kappa shape index (κ2) is 8.86. The molecule has 5 aromatic rings. The lowest BCUT2D eigenvalue weighted by Crippen LogP contribution is -2.14. The van der Waals surface area contributed by atoms with Crippen molar-refractivity contribution < 1.29 is 4.74 Å². The van der Waals surface area contributed by atoms with Crippen molar-refractivity contribution in [2.75, 3.05) is 7.11 Å². The molecule has 1 N–H and O–H groups in total. The van der Waals surface area contributed by atoms with Gasteiger partial charge in [0.25, 0.3) is 0 Å². The van der Waals surface area contributed by atoms with Crippen LogP contribution < -0.4 is 10.1 Å². The molecule has 0 bridgehead atoms. The number of hydrogen-bond acceptors (Lipinski definition) is 4. The summed E-state index contributed by atoms with van der Waals surface area (Å²) < 4.78 is 9.24. The SMILES string of the molecule is COc1ccc(-n2cc(CNCc3cnc4ccccn34)c(-c3ccccc3Cl)n2)cc1. The number of aromatic nitrogens is 4. The minimum Gasteiger partial charge on any atom is -0.497 e. The molecule has 32 heavy (non-hydrogen) atoms. The molecule has 7 heteroatoms. The molecule has 3 heterocycles. The van der Waals surface area contributed by atoms with Crippen LogP contribution in [0.5, 0.6) is 5.75 Å². The fourth-order valence-corrected chi connectivity index (χ4v) is 3.95. The van der Waals surface area contributed by atoms with Crippen LogP contribution in [0.1, 0.15) is 11.3 Å². The zero-order valence-electron chi connectivity index (χ0n) is 17.6. The molecule has 0 unspecified atom stereocenters. The predicted octanol–water partition coefficient (Wildman–Crippen LogP) is 5.14. The molecule has 160 valence electrons. The molecular weight excluding hydrogens is 422 g/mol. The lowest BCUT2D eigenvalue weighted by atomic mass is 10.1.